The number of halogens is 1. The third kappa shape index (κ3) is 4.36. The molecule has 0 aromatic heterocycles. The lowest BCUT2D eigenvalue weighted by molar-refractivity contribution is -0.145. The van der Waals surface area contributed by atoms with E-state index in [4.69, 9.17) is 16.3 Å². The van der Waals surface area contributed by atoms with Crippen molar-refractivity contribution in [1.29, 1.82) is 0 Å². The highest BCUT2D eigenvalue weighted by atomic mass is 35.5. The molecule has 4 heteroatoms. The van der Waals surface area contributed by atoms with E-state index in [-0.39, 0.29) is 18.1 Å². The lowest BCUT2D eigenvalue weighted by Gasteiger charge is -2.19. The van der Waals surface area contributed by atoms with Crippen molar-refractivity contribution in [1.82, 2.24) is 5.32 Å². The Morgan fingerprint density at radius 2 is 2.18 bits per heavy atom. The number of esters is 1. The first kappa shape index (κ1) is 14.0. The predicted molar refractivity (Wildman–Crippen MR) is 69.1 cm³/mol. The minimum Gasteiger partial charge on any atom is -0.465 e. The standard InChI is InChI=1S/C13H18ClNO2/c1-4-17-13(16)10(3)15-9(2)11-6-5-7-12(14)8-11/h5-10,15H,4H2,1-3H3/t9-,10?/m1/s1. The van der Waals surface area contributed by atoms with E-state index in [9.17, 15) is 4.79 Å². The third-order valence-electron chi connectivity index (χ3n) is 2.49. The molecule has 0 aliphatic rings. The number of benzene rings is 1. The van der Waals surface area contributed by atoms with Crippen LogP contribution in [0.4, 0.5) is 0 Å². The van der Waals surface area contributed by atoms with E-state index in [1.165, 1.54) is 0 Å². The number of hydrogen-bond donors (Lipinski definition) is 1. The van der Waals surface area contributed by atoms with Crippen molar-refractivity contribution in [2.75, 3.05) is 6.61 Å². The van der Waals surface area contributed by atoms with Gasteiger partial charge in [0.1, 0.15) is 6.04 Å². The van der Waals surface area contributed by atoms with Gasteiger partial charge in [0.25, 0.3) is 0 Å². The molecule has 1 unspecified atom stereocenters. The molecule has 1 aromatic rings. The van der Waals surface area contributed by atoms with Crippen molar-refractivity contribution >= 4 is 17.6 Å². The first-order valence-electron chi connectivity index (χ1n) is 5.72. The number of rotatable bonds is 5. The molecule has 17 heavy (non-hydrogen) atoms. The molecule has 0 heterocycles. The van der Waals surface area contributed by atoms with Gasteiger partial charge in [-0.25, -0.2) is 0 Å². The normalized spacial score (nSPS) is 14.1. The summed E-state index contributed by atoms with van der Waals surface area (Å²) in [5.41, 5.74) is 1.05. The second-order valence-corrected chi connectivity index (χ2v) is 4.35. The average Bonchev–Trinajstić information content (AvgIpc) is 2.29. The van der Waals surface area contributed by atoms with E-state index < -0.39 is 0 Å². The van der Waals surface area contributed by atoms with Gasteiger partial charge in [-0.15, -0.1) is 0 Å². The zero-order chi connectivity index (χ0) is 12.8. The molecule has 1 rings (SSSR count). The lowest BCUT2D eigenvalue weighted by atomic mass is 10.1. The van der Waals surface area contributed by atoms with Crippen molar-refractivity contribution in [2.45, 2.75) is 32.9 Å². The number of nitrogens with one attached hydrogen (secondary N) is 1. The van der Waals surface area contributed by atoms with Crippen molar-refractivity contribution in [2.24, 2.45) is 0 Å². The first-order chi connectivity index (χ1) is 8.04. The van der Waals surface area contributed by atoms with Crippen molar-refractivity contribution in [3.63, 3.8) is 0 Å². The fraction of sp³-hybridized carbons (Fsp3) is 0.462. The van der Waals surface area contributed by atoms with E-state index in [0.717, 1.165) is 5.56 Å². The highest BCUT2D eigenvalue weighted by Crippen LogP contribution is 2.17. The Balaban J connectivity index is 2.60. The minimum atomic E-state index is -0.330. The molecule has 0 spiro atoms. The van der Waals surface area contributed by atoms with Gasteiger partial charge < -0.3 is 4.74 Å². The molecule has 0 saturated carbocycles. The Hall–Kier alpha value is -1.06. The Labute approximate surface area is 107 Å². The van der Waals surface area contributed by atoms with E-state index in [1.807, 2.05) is 31.2 Å². The fourth-order valence-corrected chi connectivity index (χ4v) is 1.78. The summed E-state index contributed by atoms with van der Waals surface area (Å²) in [6.45, 7) is 5.97. The number of hydrogen-bond acceptors (Lipinski definition) is 3. The zero-order valence-corrected chi connectivity index (χ0v) is 11.1. The van der Waals surface area contributed by atoms with Crippen LogP contribution >= 0.6 is 11.6 Å². The van der Waals surface area contributed by atoms with Crippen LogP contribution < -0.4 is 5.32 Å². The molecule has 0 aliphatic heterocycles. The Kier molecular flexibility index (Phi) is 5.45. The molecule has 0 bridgehead atoms. The van der Waals surface area contributed by atoms with Gasteiger partial charge in [-0.2, -0.15) is 0 Å². The Bertz CT molecular complexity index is 381. The number of ether oxygens (including phenoxy) is 1. The maximum atomic E-state index is 11.5. The van der Waals surface area contributed by atoms with E-state index >= 15 is 0 Å². The van der Waals surface area contributed by atoms with Gasteiger partial charge in [0.2, 0.25) is 0 Å². The average molecular weight is 256 g/mol. The number of carbonyl (C=O) groups is 1. The van der Waals surface area contributed by atoms with Crippen LogP contribution in [0.3, 0.4) is 0 Å². The van der Waals surface area contributed by atoms with Crippen LogP contribution in [0.25, 0.3) is 0 Å². The van der Waals surface area contributed by atoms with E-state index in [1.54, 1.807) is 13.8 Å². The maximum Gasteiger partial charge on any atom is 0.322 e. The second kappa shape index (κ2) is 6.62. The molecule has 0 aliphatic carbocycles. The molecular formula is C13H18ClNO2. The van der Waals surface area contributed by atoms with Gasteiger partial charge in [0, 0.05) is 11.1 Å². The van der Waals surface area contributed by atoms with Gasteiger partial charge in [-0.1, -0.05) is 23.7 Å². The highest BCUT2D eigenvalue weighted by molar-refractivity contribution is 6.30. The smallest absolute Gasteiger partial charge is 0.322 e. The van der Waals surface area contributed by atoms with Crippen molar-refractivity contribution < 1.29 is 9.53 Å². The molecule has 1 aromatic carbocycles. The summed E-state index contributed by atoms with van der Waals surface area (Å²) in [4.78, 5) is 11.5. The molecule has 94 valence electrons. The second-order valence-electron chi connectivity index (χ2n) is 3.92. The Morgan fingerprint density at radius 1 is 1.47 bits per heavy atom. The van der Waals surface area contributed by atoms with Crippen LogP contribution in [-0.4, -0.2) is 18.6 Å². The van der Waals surface area contributed by atoms with Crippen molar-refractivity contribution in [3.8, 4) is 0 Å². The monoisotopic (exact) mass is 255 g/mol. The highest BCUT2D eigenvalue weighted by Gasteiger charge is 2.16. The van der Waals surface area contributed by atoms with Crippen LogP contribution in [0, 0.1) is 0 Å². The van der Waals surface area contributed by atoms with Crippen LogP contribution in [-0.2, 0) is 9.53 Å². The minimum absolute atomic E-state index is 0.0492. The zero-order valence-electron chi connectivity index (χ0n) is 10.4. The number of carbonyl (C=O) groups excluding carboxylic acids is 1. The van der Waals surface area contributed by atoms with Crippen LogP contribution in [0.5, 0.6) is 0 Å². The molecule has 0 radical (unpaired) electrons. The first-order valence-corrected chi connectivity index (χ1v) is 6.10. The lowest BCUT2D eigenvalue weighted by Crippen LogP contribution is -2.37. The van der Waals surface area contributed by atoms with Gasteiger partial charge in [-0.05, 0) is 38.5 Å². The molecule has 0 saturated heterocycles. The van der Waals surface area contributed by atoms with Gasteiger partial charge >= 0.3 is 5.97 Å². The summed E-state index contributed by atoms with van der Waals surface area (Å²) >= 11 is 5.92. The Morgan fingerprint density at radius 3 is 2.76 bits per heavy atom. The van der Waals surface area contributed by atoms with E-state index in [0.29, 0.717) is 11.6 Å². The summed E-state index contributed by atoms with van der Waals surface area (Å²) < 4.78 is 4.94. The molecule has 2 atom stereocenters. The van der Waals surface area contributed by atoms with Crippen molar-refractivity contribution in [3.05, 3.63) is 34.9 Å². The molecule has 1 N–H and O–H groups in total. The quantitative estimate of drug-likeness (QED) is 0.822. The maximum absolute atomic E-state index is 11.5. The fourth-order valence-electron chi connectivity index (χ4n) is 1.58. The largest absolute Gasteiger partial charge is 0.465 e. The molecule has 0 fully saturated rings. The summed E-state index contributed by atoms with van der Waals surface area (Å²) in [5, 5.41) is 3.87. The van der Waals surface area contributed by atoms with Crippen LogP contribution in [0.2, 0.25) is 5.02 Å². The van der Waals surface area contributed by atoms with E-state index in [2.05, 4.69) is 5.32 Å². The molecular weight excluding hydrogens is 238 g/mol. The predicted octanol–water partition coefficient (Wildman–Crippen LogP) is 2.94. The topological polar surface area (TPSA) is 38.3 Å². The summed E-state index contributed by atoms with van der Waals surface area (Å²) in [6, 6.07) is 7.30. The van der Waals surface area contributed by atoms with Gasteiger partial charge in [-0.3, -0.25) is 10.1 Å². The molecule has 0 amide bonds. The summed E-state index contributed by atoms with van der Waals surface area (Å²) in [6.07, 6.45) is 0. The molecule has 3 nitrogen and oxygen atoms in total. The summed E-state index contributed by atoms with van der Waals surface area (Å²) in [5.74, 6) is -0.235. The van der Waals surface area contributed by atoms with Crippen LogP contribution in [0.1, 0.15) is 32.4 Å². The van der Waals surface area contributed by atoms with Gasteiger partial charge in [0.15, 0.2) is 0 Å². The summed E-state index contributed by atoms with van der Waals surface area (Å²) in [7, 11) is 0. The third-order valence-corrected chi connectivity index (χ3v) is 2.72. The SMILES string of the molecule is CCOC(=O)C(C)N[C@H](C)c1cccc(Cl)c1. The van der Waals surface area contributed by atoms with Gasteiger partial charge in [0.05, 0.1) is 6.61 Å². The van der Waals surface area contributed by atoms with Crippen LogP contribution in [0.15, 0.2) is 24.3 Å².